The number of aromatic nitrogens is 5. The number of halogens is 3. The lowest BCUT2D eigenvalue weighted by Crippen LogP contribution is -2.26. The first-order chi connectivity index (χ1) is 15.0. The summed E-state index contributed by atoms with van der Waals surface area (Å²) in [5.41, 5.74) is 0.0286. The lowest BCUT2D eigenvalue weighted by atomic mass is 10.1. The number of rotatable bonds is 4. The third kappa shape index (κ3) is 4.05. The molecule has 1 aromatic carbocycles. The topological polar surface area (TPSA) is 94.2 Å². The maximum Gasteiger partial charge on any atom is 0.416 e. The normalized spacial score (nSPS) is 12.1. The van der Waals surface area contributed by atoms with Crippen LogP contribution >= 0.6 is 0 Å². The molecule has 0 atom stereocenters. The molecule has 0 fully saturated rings. The summed E-state index contributed by atoms with van der Waals surface area (Å²) in [4.78, 5) is 29.6. The number of carbonyl (C=O) groups excluding carboxylic acids is 1. The zero-order valence-corrected chi connectivity index (χ0v) is 17.4. The van der Waals surface area contributed by atoms with Crippen LogP contribution in [0.2, 0.25) is 0 Å². The SMILES string of the molecule is Cc1ccn2nc(NC(=O)Cc3nn(C(C)C)c4cc(C(F)(F)F)ccc4c3=O)nc2c1. The Kier molecular flexibility index (Phi) is 5.19. The smallest absolute Gasteiger partial charge is 0.293 e. The molecule has 0 radical (unpaired) electrons. The van der Waals surface area contributed by atoms with Gasteiger partial charge in [0, 0.05) is 17.6 Å². The van der Waals surface area contributed by atoms with Gasteiger partial charge in [0.05, 0.1) is 17.5 Å². The molecule has 166 valence electrons. The van der Waals surface area contributed by atoms with Gasteiger partial charge < -0.3 is 0 Å². The van der Waals surface area contributed by atoms with Crippen LogP contribution in [0.3, 0.4) is 0 Å². The average molecular weight is 444 g/mol. The quantitative estimate of drug-likeness (QED) is 0.520. The number of carbonyl (C=O) groups is 1. The second-order valence-corrected chi connectivity index (χ2v) is 7.71. The van der Waals surface area contributed by atoms with Crippen molar-refractivity contribution in [1.29, 1.82) is 0 Å². The average Bonchev–Trinajstić information content (AvgIpc) is 3.09. The largest absolute Gasteiger partial charge is 0.416 e. The van der Waals surface area contributed by atoms with Crippen molar-refractivity contribution in [2.45, 2.75) is 39.4 Å². The fraction of sp³-hybridized carbons (Fsp3) is 0.286. The van der Waals surface area contributed by atoms with Crippen LogP contribution in [0.5, 0.6) is 0 Å². The summed E-state index contributed by atoms with van der Waals surface area (Å²) >= 11 is 0. The van der Waals surface area contributed by atoms with Gasteiger partial charge in [0.15, 0.2) is 5.65 Å². The van der Waals surface area contributed by atoms with Crippen molar-refractivity contribution >= 4 is 28.4 Å². The maximum atomic E-state index is 13.1. The predicted molar refractivity (Wildman–Crippen MR) is 111 cm³/mol. The van der Waals surface area contributed by atoms with E-state index < -0.39 is 23.1 Å². The van der Waals surface area contributed by atoms with E-state index in [2.05, 4.69) is 20.5 Å². The van der Waals surface area contributed by atoms with Crippen molar-refractivity contribution < 1.29 is 18.0 Å². The molecule has 0 saturated carbocycles. The van der Waals surface area contributed by atoms with Gasteiger partial charge in [0.1, 0.15) is 5.69 Å². The lowest BCUT2D eigenvalue weighted by Gasteiger charge is -2.16. The molecule has 32 heavy (non-hydrogen) atoms. The molecule has 4 rings (SSSR count). The molecule has 0 aliphatic rings. The van der Waals surface area contributed by atoms with Crippen LogP contribution in [0, 0.1) is 6.92 Å². The van der Waals surface area contributed by atoms with Gasteiger partial charge in [-0.3, -0.25) is 19.6 Å². The Morgan fingerprint density at radius 2 is 1.91 bits per heavy atom. The monoisotopic (exact) mass is 444 g/mol. The second-order valence-electron chi connectivity index (χ2n) is 7.71. The van der Waals surface area contributed by atoms with E-state index in [1.165, 1.54) is 9.20 Å². The summed E-state index contributed by atoms with van der Waals surface area (Å²) in [5.74, 6) is -0.496. The maximum absolute atomic E-state index is 13.1. The summed E-state index contributed by atoms with van der Waals surface area (Å²) in [7, 11) is 0. The van der Waals surface area contributed by atoms with Gasteiger partial charge >= 0.3 is 6.18 Å². The van der Waals surface area contributed by atoms with E-state index >= 15 is 0 Å². The zero-order chi connectivity index (χ0) is 23.2. The van der Waals surface area contributed by atoms with Crippen molar-refractivity contribution in [1.82, 2.24) is 24.4 Å². The first-order valence-electron chi connectivity index (χ1n) is 9.78. The van der Waals surface area contributed by atoms with Gasteiger partial charge in [-0.25, -0.2) is 4.52 Å². The summed E-state index contributed by atoms with van der Waals surface area (Å²) in [5, 5.41) is 10.9. The highest BCUT2D eigenvalue weighted by atomic mass is 19.4. The third-order valence-electron chi connectivity index (χ3n) is 4.87. The number of benzene rings is 1. The summed E-state index contributed by atoms with van der Waals surface area (Å²) in [6.07, 6.45) is -3.23. The predicted octanol–water partition coefficient (Wildman–Crippen LogP) is 3.53. The molecule has 0 saturated heterocycles. The van der Waals surface area contributed by atoms with E-state index in [-0.39, 0.29) is 35.0 Å². The minimum absolute atomic E-state index is 0.0568. The van der Waals surface area contributed by atoms with Crippen LogP contribution in [0.1, 0.15) is 36.7 Å². The molecule has 0 unspecified atom stereocenters. The lowest BCUT2D eigenvalue weighted by molar-refractivity contribution is -0.137. The summed E-state index contributed by atoms with van der Waals surface area (Å²) in [6.45, 7) is 5.35. The molecule has 8 nitrogen and oxygen atoms in total. The number of amides is 1. The van der Waals surface area contributed by atoms with Crippen molar-refractivity contribution in [2.24, 2.45) is 0 Å². The molecule has 3 aromatic heterocycles. The Hall–Kier alpha value is -3.76. The number of anilines is 1. The second kappa shape index (κ2) is 7.74. The number of aryl methyl sites for hydroxylation is 1. The van der Waals surface area contributed by atoms with Crippen molar-refractivity contribution in [3.8, 4) is 0 Å². The number of hydrogen-bond acceptors (Lipinski definition) is 5. The van der Waals surface area contributed by atoms with Crippen molar-refractivity contribution in [3.63, 3.8) is 0 Å². The minimum Gasteiger partial charge on any atom is -0.293 e. The fourth-order valence-electron chi connectivity index (χ4n) is 3.34. The third-order valence-corrected chi connectivity index (χ3v) is 4.87. The van der Waals surface area contributed by atoms with Gasteiger partial charge in [0.2, 0.25) is 17.3 Å². The Morgan fingerprint density at radius 1 is 1.16 bits per heavy atom. The summed E-state index contributed by atoms with van der Waals surface area (Å²) in [6, 6.07) is 6.16. The Balaban J connectivity index is 1.68. The fourth-order valence-corrected chi connectivity index (χ4v) is 3.34. The van der Waals surface area contributed by atoms with Crippen LogP contribution in [-0.4, -0.2) is 30.3 Å². The molecular weight excluding hydrogens is 425 g/mol. The number of hydrogen-bond donors (Lipinski definition) is 1. The van der Waals surface area contributed by atoms with Gasteiger partial charge in [-0.05, 0) is 56.7 Å². The van der Waals surface area contributed by atoms with Crippen LogP contribution in [0.15, 0.2) is 41.3 Å². The van der Waals surface area contributed by atoms with E-state index in [4.69, 9.17) is 0 Å². The standard InChI is InChI=1S/C21H19F3N6O2/c1-11(2)30-16-9-13(21(22,23)24)4-5-14(16)19(32)15(27-30)10-18(31)26-20-25-17-8-12(3)6-7-29(17)28-20/h4-9,11H,10H2,1-3H3,(H,26,28,31). The summed E-state index contributed by atoms with van der Waals surface area (Å²) < 4.78 is 42.2. The Bertz CT molecular complexity index is 1400. The van der Waals surface area contributed by atoms with Crippen LogP contribution in [-0.2, 0) is 17.4 Å². The zero-order valence-electron chi connectivity index (χ0n) is 17.4. The molecule has 4 aromatic rings. The Morgan fingerprint density at radius 3 is 2.59 bits per heavy atom. The van der Waals surface area contributed by atoms with E-state index in [9.17, 15) is 22.8 Å². The number of nitrogens with one attached hydrogen (secondary N) is 1. The number of nitrogens with zero attached hydrogens (tertiary/aromatic N) is 5. The van der Waals surface area contributed by atoms with E-state index in [0.717, 1.165) is 23.8 Å². The van der Waals surface area contributed by atoms with Gasteiger partial charge in [0.25, 0.3) is 0 Å². The van der Waals surface area contributed by atoms with Gasteiger partial charge in [-0.2, -0.15) is 23.3 Å². The highest BCUT2D eigenvalue weighted by Gasteiger charge is 2.31. The van der Waals surface area contributed by atoms with E-state index in [1.807, 2.05) is 13.0 Å². The van der Waals surface area contributed by atoms with Crippen molar-refractivity contribution in [2.75, 3.05) is 5.32 Å². The molecule has 1 N–H and O–H groups in total. The molecule has 0 spiro atoms. The van der Waals surface area contributed by atoms with Gasteiger partial charge in [-0.15, -0.1) is 5.10 Å². The molecule has 0 aliphatic carbocycles. The first-order valence-corrected chi connectivity index (χ1v) is 9.78. The number of fused-ring (bicyclic) bond motifs is 2. The molecule has 3 heterocycles. The van der Waals surface area contributed by atoms with E-state index in [1.54, 1.807) is 26.1 Å². The van der Waals surface area contributed by atoms with E-state index in [0.29, 0.717) is 5.65 Å². The van der Waals surface area contributed by atoms with Crippen molar-refractivity contribution in [3.05, 3.63) is 63.6 Å². The minimum atomic E-state index is -4.55. The Labute approximate surface area is 179 Å². The van der Waals surface area contributed by atoms with Gasteiger partial charge in [-0.1, -0.05) is 0 Å². The molecule has 0 bridgehead atoms. The van der Waals surface area contributed by atoms with Crippen LogP contribution < -0.4 is 10.7 Å². The molecule has 0 aliphatic heterocycles. The van der Waals surface area contributed by atoms with Crippen LogP contribution in [0.4, 0.5) is 19.1 Å². The number of alkyl halides is 3. The first kappa shape index (κ1) is 21.5. The molecule has 1 amide bonds. The number of pyridine rings is 1. The highest BCUT2D eigenvalue weighted by Crippen LogP contribution is 2.31. The highest BCUT2D eigenvalue weighted by molar-refractivity contribution is 5.91. The molecule has 11 heteroatoms. The molecular formula is C21H19F3N6O2. The van der Waals surface area contributed by atoms with Crippen LogP contribution in [0.25, 0.3) is 16.6 Å².